The van der Waals surface area contributed by atoms with Gasteiger partial charge in [0.15, 0.2) is 5.65 Å². The minimum atomic E-state index is -0.261. The van der Waals surface area contributed by atoms with Crippen LogP contribution in [0.25, 0.3) is 21.9 Å². The van der Waals surface area contributed by atoms with E-state index in [0.29, 0.717) is 23.7 Å². The molecule has 2 aromatic heterocycles. The topological polar surface area (TPSA) is 74.3 Å². The predicted octanol–water partition coefficient (Wildman–Crippen LogP) is 3.45. The Bertz CT molecular complexity index is 1260. The van der Waals surface area contributed by atoms with Gasteiger partial charge in [0.1, 0.15) is 5.52 Å². The lowest BCUT2D eigenvalue weighted by molar-refractivity contribution is 0.237. The number of hydrogen-bond acceptors (Lipinski definition) is 6. The molecule has 1 aliphatic heterocycles. The largest absolute Gasteiger partial charge is 0.478 e. The number of nitrogens with zero attached hydrogens (tertiary/aromatic N) is 4. The van der Waals surface area contributed by atoms with Crippen LogP contribution in [0.5, 0.6) is 5.88 Å². The van der Waals surface area contributed by atoms with Crippen LogP contribution >= 0.6 is 0 Å². The molecule has 0 atom stereocenters. The number of nitrogens with one attached hydrogen (secondary N) is 1. The van der Waals surface area contributed by atoms with Gasteiger partial charge in [-0.15, -0.1) is 0 Å². The van der Waals surface area contributed by atoms with Crippen LogP contribution in [0, 0.1) is 0 Å². The molecule has 0 amide bonds. The molecule has 2 aromatic carbocycles. The van der Waals surface area contributed by atoms with Gasteiger partial charge in [-0.3, -0.25) is 9.69 Å². The van der Waals surface area contributed by atoms with Gasteiger partial charge in [-0.05, 0) is 36.9 Å². The number of pyridine rings is 1. The van der Waals surface area contributed by atoms with Gasteiger partial charge >= 0.3 is 0 Å². The number of benzene rings is 2. The van der Waals surface area contributed by atoms with Gasteiger partial charge in [0.25, 0.3) is 5.56 Å². The van der Waals surface area contributed by atoms with E-state index < -0.39 is 0 Å². The zero-order valence-corrected chi connectivity index (χ0v) is 18.0. The van der Waals surface area contributed by atoms with Gasteiger partial charge in [0.05, 0.1) is 12.8 Å². The standard InChI is InChI=1S/C25H27N5O2/c31-23-18-26-21-10-11-24(28-25(21)27-23)32-17-4-3-12-29-13-15-30(16-14-29)22-9-5-7-19-6-1-2-8-20(19)22/h1-2,5-11,18H,3-4,12-17H2,(H,27,28,31). The Kier molecular flexibility index (Phi) is 5.98. The van der Waals surface area contributed by atoms with Crippen LogP contribution in [0.1, 0.15) is 12.8 Å². The fraction of sp³-hybridized carbons (Fsp3) is 0.320. The molecule has 7 heteroatoms. The number of aromatic nitrogens is 3. The van der Waals surface area contributed by atoms with Crippen LogP contribution in [0.2, 0.25) is 0 Å². The van der Waals surface area contributed by atoms with Crippen molar-refractivity contribution in [2.75, 3.05) is 44.2 Å². The van der Waals surface area contributed by atoms with Crippen molar-refractivity contribution in [2.24, 2.45) is 0 Å². The highest BCUT2D eigenvalue weighted by molar-refractivity contribution is 5.94. The molecule has 0 radical (unpaired) electrons. The second-order valence-electron chi connectivity index (χ2n) is 8.15. The third-order valence-corrected chi connectivity index (χ3v) is 6.01. The molecule has 164 valence electrons. The zero-order chi connectivity index (χ0) is 21.8. The van der Waals surface area contributed by atoms with E-state index in [-0.39, 0.29) is 5.56 Å². The van der Waals surface area contributed by atoms with Gasteiger partial charge in [-0.25, -0.2) is 4.98 Å². The lowest BCUT2D eigenvalue weighted by atomic mass is 10.1. The van der Waals surface area contributed by atoms with E-state index in [1.54, 1.807) is 6.07 Å². The number of anilines is 1. The summed E-state index contributed by atoms with van der Waals surface area (Å²) in [5.74, 6) is 0.518. The first-order valence-electron chi connectivity index (χ1n) is 11.2. The Morgan fingerprint density at radius 1 is 0.938 bits per heavy atom. The van der Waals surface area contributed by atoms with E-state index in [9.17, 15) is 4.79 Å². The highest BCUT2D eigenvalue weighted by atomic mass is 16.5. The van der Waals surface area contributed by atoms with E-state index in [0.717, 1.165) is 45.6 Å². The van der Waals surface area contributed by atoms with Crippen molar-refractivity contribution in [1.82, 2.24) is 19.9 Å². The number of unbranched alkanes of at least 4 members (excludes halogenated alkanes) is 1. The van der Waals surface area contributed by atoms with E-state index in [2.05, 4.69) is 67.2 Å². The maximum atomic E-state index is 11.4. The molecule has 4 aromatic rings. The summed E-state index contributed by atoms with van der Waals surface area (Å²) in [7, 11) is 0. The maximum absolute atomic E-state index is 11.4. The van der Waals surface area contributed by atoms with Gasteiger partial charge in [-0.1, -0.05) is 36.4 Å². The average Bonchev–Trinajstić information content (AvgIpc) is 2.83. The van der Waals surface area contributed by atoms with E-state index >= 15 is 0 Å². The van der Waals surface area contributed by atoms with Crippen molar-refractivity contribution in [1.29, 1.82) is 0 Å². The molecule has 0 aliphatic carbocycles. The summed E-state index contributed by atoms with van der Waals surface area (Å²) in [4.78, 5) is 27.5. The molecule has 1 N–H and O–H groups in total. The first-order valence-corrected chi connectivity index (χ1v) is 11.2. The minimum Gasteiger partial charge on any atom is -0.478 e. The number of piperazine rings is 1. The Balaban J connectivity index is 1.06. The SMILES string of the molecule is O=c1cnc2ccc(OCCCCN3CCN(c4cccc5ccccc45)CC3)nc2[nH]1. The number of hydrogen-bond donors (Lipinski definition) is 1. The number of ether oxygens (including phenoxy) is 1. The number of fused-ring (bicyclic) bond motifs is 2. The summed E-state index contributed by atoms with van der Waals surface area (Å²) in [6, 6.07) is 18.8. The minimum absolute atomic E-state index is 0.261. The van der Waals surface area contributed by atoms with Crippen molar-refractivity contribution in [3.63, 3.8) is 0 Å². The molecule has 0 spiro atoms. The highest BCUT2D eigenvalue weighted by Gasteiger charge is 2.18. The van der Waals surface area contributed by atoms with Crippen molar-refractivity contribution >= 4 is 27.6 Å². The number of aromatic amines is 1. The molecule has 0 unspecified atom stereocenters. The number of H-pyrrole nitrogens is 1. The second-order valence-corrected chi connectivity index (χ2v) is 8.15. The number of rotatable bonds is 7. The highest BCUT2D eigenvalue weighted by Crippen LogP contribution is 2.27. The molecule has 1 fully saturated rings. The lowest BCUT2D eigenvalue weighted by Crippen LogP contribution is -2.46. The maximum Gasteiger partial charge on any atom is 0.268 e. The molecule has 1 saturated heterocycles. The third kappa shape index (κ3) is 4.57. The van der Waals surface area contributed by atoms with Crippen LogP contribution < -0.4 is 15.2 Å². The van der Waals surface area contributed by atoms with Crippen molar-refractivity contribution < 1.29 is 4.74 Å². The molecule has 5 rings (SSSR count). The molecule has 7 nitrogen and oxygen atoms in total. The van der Waals surface area contributed by atoms with Crippen molar-refractivity contribution in [2.45, 2.75) is 12.8 Å². The third-order valence-electron chi connectivity index (χ3n) is 6.01. The fourth-order valence-corrected chi connectivity index (χ4v) is 4.30. The summed E-state index contributed by atoms with van der Waals surface area (Å²) in [5, 5.41) is 2.64. The molecule has 0 saturated carbocycles. The zero-order valence-electron chi connectivity index (χ0n) is 18.0. The molecular weight excluding hydrogens is 402 g/mol. The molecule has 0 bridgehead atoms. The molecule has 32 heavy (non-hydrogen) atoms. The van der Waals surface area contributed by atoms with E-state index in [4.69, 9.17) is 4.74 Å². The van der Waals surface area contributed by atoms with Gasteiger partial charge < -0.3 is 14.6 Å². The van der Waals surface area contributed by atoms with Crippen LogP contribution in [0.15, 0.2) is 65.6 Å². The summed E-state index contributed by atoms with van der Waals surface area (Å²) < 4.78 is 5.77. The Morgan fingerprint density at radius 3 is 2.69 bits per heavy atom. The Labute approximate surface area is 186 Å². The molecular formula is C25H27N5O2. The van der Waals surface area contributed by atoms with Gasteiger partial charge in [0.2, 0.25) is 5.88 Å². The first-order chi connectivity index (χ1) is 15.8. The van der Waals surface area contributed by atoms with E-state index in [1.807, 2.05) is 6.07 Å². The van der Waals surface area contributed by atoms with Crippen molar-refractivity contribution in [3.05, 3.63) is 71.1 Å². The smallest absolute Gasteiger partial charge is 0.268 e. The fourth-order valence-electron chi connectivity index (χ4n) is 4.30. The predicted molar refractivity (Wildman–Crippen MR) is 127 cm³/mol. The van der Waals surface area contributed by atoms with Crippen LogP contribution in [0.4, 0.5) is 5.69 Å². The first kappa shape index (κ1) is 20.5. The van der Waals surface area contributed by atoms with Gasteiger partial charge in [-0.2, -0.15) is 4.98 Å². The summed E-state index contributed by atoms with van der Waals surface area (Å²) in [5.41, 5.74) is 2.19. The van der Waals surface area contributed by atoms with E-state index in [1.165, 1.54) is 22.7 Å². The Morgan fingerprint density at radius 2 is 1.78 bits per heavy atom. The monoisotopic (exact) mass is 429 g/mol. The summed E-state index contributed by atoms with van der Waals surface area (Å²) >= 11 is 0. The van der Waals surface area contributed by atoms with Crippen molar-refractivity contribution in [3.8, 4) is 5.88 Å². The van der Waals surface area contributed by atoms with Gasteiger partial charge in [0, 0.05) is 43.3 Å². The lowest BCUT2D eigenvalue weighted by Gasteiger charge is -2.36. The van der Waals surface area contributed by atoms with Crippen LogP contribution in [-0.2, 0) is 0 Å². The normalized spacial score (nSPS) is 14.8. The summed E-state index contributed by atoms with van der Waals surface area (Å²) in [6.45, 7) is 5.96. The van der Waals surface area contributed by atoms with Crippen LogP contribution in [0.3, 0.4) is 0 Å². The second kappa shape index (κ2) is 9.36. The Hall–Kier alpha value is -3.45. The molecule has 1 aliphatic rings. The average molecular weight is 430 g/mol. The quantitative estimate of drug-likeness (QED) is 0.454. The summed E-state index contributed by atoms with van der Waals surface area (Å²) in [6.07, 6.45) is 3.31. The van der Waals surface area contributed by atoms with Crippen LogP contribution in [-0.4, -0.2) is 59.2 Å². The molecule has 3 heterocycles.